The van der Waals surface area contributed by atoms with E-state index < -0.39 is 0 Å². The molecule has 0 aliphatic rings. The molecule has 1 aromatic heterocycles. The van der Waals surface area contributed by atoms with E-state index in [0.717, 1.165) is 28.0 Å². The molecule has 140 valence electrons. The molecule has 0 fully saturated rings. The largest absolute Gasteiger partial charge is 0.496 e. The third kappa shape index (κ3) is 4.34. The number of aryl methyl sites for hydroxylation is 2. The average Bonchev–Trinajstić information content (AvgIpc) is 3.14. The summed E-state index contributed by atoms with van der Waals surface area (Å²) in [6.07, 6.45) is 3.12. The van der Waals surface area contributed by atoms with Crippen molar-refractivity contribution in [3.8, 4) is 16.9 Å². The van der Waals surface area contributed by atoms with Gasteiger partial charge in [-0.25, -0.2) is 4.98 Å². The Bertz CT molecular complexity index is 895. The van der Waals surface area contributed by atoms with Gasteiger partial charge in [0, 0.05) is 11.6 Å². The molecule has 1 amide bonds. The molecule has 1 heterocycles. The fourth-order valence-corrected chi connectivity index (χ4v) is 3.21. The summed E-state index contributed by atoms with van der Waals surface area (Å²) < 4.78 is 7.13. The minimum atomic E-state index is -0.101. The molecule has 0 aliphatic heterocycles. The normalized spacial score (nSPS) is 11.9. The number of carbonyl (C=O) groups is 1. The second-order valence-corrected chi connectivity index (χ2v) is 6.71. The molecule has 1 N–H and O–H groups in total. The lowest BCUT2D eigenvalue weighted by atomic mass is 9.98. The van der Waals surface area contributed by atoms with Gasteiger partial charge in [-0.3, -0.25) is 9.48 Å². The topological polar surface area (TPSA) is 69.0 Å². The van der Waals surface area contributed by atoms with Gasteiger partial charge >= 0.3 is 0 Å². The van der Waals surface area contributed by atoms with Crippen LogP contribution in [-0.4, -0.2) is 33.8 Å². The molecule has 27 heavy (non-hydrogen) atoms. The number of methoxy groups -OCH3 is 1. The van der Waals surface area contributed by atoms with E-state index >= 15 is 0 Å². The molecule has 1 atom stereocenters. The molecular weight excluding hydrogens is 340 g/mol. The third-order valence-electron chi connectivity index (χ3n) is 4.45. The zero-order valence-corrected chi connectivity index (χ0v) is 16.1. The maximum Gasteiger partial charge on any atom is 0.251 e. The second-order valence-electron chi connectivity index (χ2n) is 6.71. The van der Waals surface area contributed by atoms with Gasteiger partial charge in [-0.1, -0.05) is 12.1 Å². The lowest BCUT2D eigenvalue weighted by Crippen LogP contribution is -2.35. The van der Waals surface area contributed by atoms with E-state index in [4.69, 9.17) is 4.74 Å². The summed E-state index contributed by atoms with van der Waals surface area (Å²) in [5, 5.41) is 7.04. The molecule has 0 aliphatic carbocycles. The van der Waals surface area contributed by atoms with Gasteiger partial charge in [0.05, 0.1) is 13.7 Å². The van der Waals surface area contributed by atoms with Crippen molar-refractivity contribution < 1.29 is 9.53 Å². The highest BCUT2D eigenvalue weighted by molar-refractivity contribution is 5.94. The Morgan fingerprint density at radius 3 is 2.37 bits per heavy atom. The Morgan fingerprint density at radius 2 is 1.81 bits per heavy atom. The van der Waals surface area contributed by atoms with Crippen molar-refractivity contribution in [2.45, 2.75) is 33.4 Å². The lowest BCUT2D eigenvalue weighted by molar-refractivity contribution is 0.0936. The molecule has 0 unspecified atom stereocenters. The van der Waals surface area contributed by atoms with Gasteiger partial charge in [0.25, 0.3) is 5.91 Å². The first-order chi connectivity index (χ1) is 13.0. The van der Waals surface area contributed by atoms with Crippen molar-refractivity contribution >= 4 is 5.91 Å². The van der Waals surface area contributed by atoms with E-state index in [1.54, 1.807) is 18.1 Å². The van der Waals surface area contributed by atoms with Crippen LogP contribution in [0, 0.1) is 13.8 Å². The lowest BCUT2D eigenvalue weighted by Gasteiger charge is -2.14. The van der Waals surface area contributed by atoms with Crippen LogP contribution in [-0.2, 0) is 6.54 Å². The number of hydrogen-bond donors (Lipinski definition) is 1. The summed E-state index contributed by atoms with van der Waals surface area (Å²) >= 11 is 0. The predicted octanol–water partition coefficient (Wildman–Crippen LogP) is 3.39. The molecule has 2 aromatic carbocycles. The van der Waals surface area contributed by atoms with Crippen molar-refractivity contribution in [1.29, 1.82) is 0 Å². The highest BCUT2D eigenvalue weighted by Crippen LogP contribution is 2.30. The van der Waals surface area contributed by atoms with Crippen LogP contribution in [0.25, 0.3) is 11.1 Å². The number of hydrogen-bond acceptors (Lipinski definition) is 4. The highest BCUT2D eigenvalue weighted by atomic mass is 16.5. The Hall–Kier alpha value is -3.15. The number of carbonyl (C=O) groups excluding carboxylic acids is 1. The van der Waals surface area contributed by atoms with E-state index in [1.165, 1.54) is 6.33 Å². The number of ether oxygens (including phenoxy) is 1. The van der Waals surface area contributed by atoms with Crippen LogP contribution >= 0.6 is 0 Å². The molecule has 3 rings (SSSR count). The number of benzene rings is 2. The van der Waals surface area contributed by atoms with E-state index in [0.29, 0.717) is 12.1 Å². The molecule has 0 radical (unpaired) electrons. The monoisotopic (exact) mass is 364 g/mol. The molecular formula is C21H24N4O2. The summed E-state index contributed by atoms with van der Waals surface area (Å²) in [6.45, 7) is 6.59. The summed E-state index contributed by atoms with van der Waals surface area (Å²) in [5.41, 5.74) is 4.99. The van der Waals surface area contributed by atoms with Crippen LogP contribution in [0.2, 0.25) is 0 Å². The van der Waals surface area contributed by atoms with Crippen molar-refractivity contribution in [2.24, 2.45) is 0 Å². The number of rotatable bonds is 6. The number of nitrogens with zero attached hydrogens (tertiary/aromatic N) is 3. The van der Waals surface area contributed by atoms with E-state index in [9.17, 15) is 4.79 Å². The summed E-state index contributed by atoms with van der Waals surface area (Å²) in [7, 11) is 1.69. The van der Waals surface area contributed by atoms with E-state index in [1.807, 2.05) is 45.0 Å². The summed E-state index contributed by atoms with van der Waals surface area (Å²) in [4.78, 5) is 16.4. The molecule has 6 nitrogen and oxygen atoms in total. The number of amides is 1. The van der Waals surface area contributed by atoms with E-state index in [-0.39, 0.29) is 11.9 Å². The minimum absolute atomic E-state index is 0.0502. The maximum atomic E-state index is 12.5. The fourth-order valence-electron chi connectivity index (χ4n) is 3.21. The molecule has 0 bridgehead atoms. The molecule has 0 spiro atoms. The van der Waals surface area contributed by atoms with Gasteiger partial charge in [-0.05, 0) is 67.3 Å². The average molecular weight is 364 g/mol. The second kappa shape index (κ2) is 8.03. The van der Waals surface area contributed by atoms with Gasteiger partial charge in [-0.2, -0.15) is 5.10 Å². The Kier molecular flexibility index (Phi) is 5.54. The summed E-state index contributed by atoms with van der Waals surface area (Å²) in [5.74, 6) is 0.812. The van der Waals surface area contributed by atoms with Crippen molar-refractivity contribution in [1.82, 2.24) is 20.1 Å². The Labute approximate surface area is 159 Å². The van der Waals surface area contributed by atoms with Gasteiger partial charge < -0.3 is 10.1 Å². The van der Waals surface area contributed by atoms with Crippen LogP contribution in [0.5, 0.6) is 5.75 Å². The van der Waals surface area contributed by atoms with Crippen molar-refractivity contribution in [3.63, 3.8) is 0 Å². The van der Waals surface area contributed by atoms with Crippen LogP contribution in [0.3, 0.4) is 0 Å². The fraction of sp³-hybridized carbons (Fsp3) is 0.286. The van der Waals surface area contributed by atoms with Crippen molar-refractivity contribution in [2.75, 3.05) is 7.11 Å². The van der Waals surface area contributed by atoms with Gasteiger partial charge in [0.2, 0.25) is 0 Å². The Morgan fingerprint density at radius 1 is 1.15 bits per heavy atom. The predicted molar refractivity (Wildman–Crippen MR) is 105 cm³/mol. The van der Waals surface area contributed by atoms with Crippen LogP contribution in [0.4, 0.5) is 0 Å². The quantitative estimate of drug-likeness (QED) is 0.728. The van der Waals surface area contributed by atoms with Crippen molar-refractivity contribution in [3.05, 3.63) is 65.7 Å². The molecule has 0 saturated carbocycles. The number of nitrogens with one attached hydrogen (secondary N) is 1. The van der Waals surface area contributed by atoms with Crippen LogP contribution in [0.1, 0.15) is 28.4 Å². The smallest absolute Gasteiger partial charge is 0.251 e. The van der Waals surface area contributed by atoms with Gasteiger partial charge in [-0.15, -0.1) is 0 Å². The zero-order valence-electron chi connectivity index (χ0n) is 16.1. The number of aromatic nitrogens is 3. The standard InChI is InChI=1S/C21H24N4O2/c1-14-9-19(10-15(2)20(14)27-4)17-5-7-18(8-6-17)21(26)24-16(3)11-25-13-22-12-23-25/h5-10,12-13,16H,11H2,1-4H3,(H,24,26)/t16-/m0/s1. The third-order valence-corrected chi connectivity index (χ3v) is 4.45. The first-order valence-electron chi connectivity index (χ1n) is 8.87. The maximum absolute atomic E-state index is 12.5. The Balaban J connectivity index is 1.70. The molecule has 0 saturated heterocycles. The molecule has 6 heteroatoms. The van der Waals surface area contributed by atoms with Crippen LogP contribution < -0.4 is 10.1 Å². The van der Waals surface area contributed by atoms with Gasteiger partial charge in [0.15, 0.2) is 0 Å². The molecule has 3 aromatic rings. The minimum Gasteiger partial charge on any atom is -0.496 e. The van der Waals surface area contributed by atoms with E-state index in [2.05, 4.69) is 27.5 Å². The van der Waals surface area contributed by atoms with Crippen LogP contribution in [0.15, 0.2) is 49.1 Å². The first-order valence-corrected chi connectivity index (χ1v) is 8.87. The van der Waals surface area contributed by atoms with Gasteiger partial charge in [0.1, 0.15) is 18.4 Å². The summed E-state index contributed by atoms with van der Waals surface area (Å²) in [6, 6.07) is 11.8. The SMILES string of the molecule is COc1c(C)cc(-c2ccc(C(=O)N[C@@H](C)Cn3cncn3)cc2)cc1C. The zero-order chi connectivity index (χ0) is 19.4. The first kappa shape index (κ1) is 18.6. The highest BCUT2D eigenvalue weighted by Gasteiger charge is 2.12.